The van der Waals surface area contributed by atoms with Gasteiger partial charge in [0.25, 0.3) is 0 Å². The van der Waals surface area contributed by atoms with Crippen molar-refractivity contribution in [1.29, 1.82) is 0 Å². The fourth-order valence-electron chi connectivity index (χ4n) is 3.82. The van der Waals surface area contributed by atoms with Crippen molar-refractivity contribution < 1.29 is 14.3 Å². The van der Waals surface area contributed by atoms with Crippen molar-refractivity contribution in [1.82, 2.24) is 0 Å². The highest BCUT2D eigenvalue weighted by Gasteiger charge is 2.41. The quantitative estimate of drug-likeness (QED) is 0.775. The van der Waals surface area contributed by atoms with Gasteiger partial charge in [-0.05, 0) is 36.1 Å². The molecule has 2 aromatic carbocycles. The van der Waals surface area contributed by atoms with E-state index in [0.29, 0.717) is 17.9 Å². The molecule has 0 bridgehead atoms. The summed E-state index contributed by atoms with van der Waals surface area (Å²) in [6.07, 6.45) is 3.97. The second-order valence-corrected chi connectivity index (χ2v) is 6.83. The molecule has 0 aliphatic heterocycles. The van der Waals surface area contributed by atoms with Gasteiger partial charge in [0, 0.05) is 12.1 Å². The van der Waals surface area contributed by atoms with Crippen LogP contribution in [0.25, 0.3) is 0 Å². The van der Waals surface area contributed by atoms with Crippen LogP contribution in [0.2, 0.25) is 0 Å². The summed E-state index contributed by atoms with van der Waals surface area (Å²) in [5, 5.41) is 2.78. The Morgan fingerprint density at radius 2 is 1.77 bits per heavy atom. The van der Waals surface area contributed by atoms with E-state index >= 15 is 0 Å². The summed E-state index contributed by atoms with van der Waals surface area (Å²) in [5.74, 6) is 0.291. The lowest BCUT2D eigenvalue weighted by Gasteiger charge is -2.28. The van der Waals surface area contributed by atoms with Gasteiger partial charge in [0.2, 0.25) is 0 Å². The second-order valence-electron chi connectivity index (χ2n) is 6.83. The largest absolute Gasteiger partial charge is 0.444 e. The van der Waals surface area contributed by atoms with Gasteiger partial charge in [-0.3, -0.25) is 10.1 Å². The van der Waals surface area contributed by atoms with E-state index in [2.05, 4.69) is 5.32 Å². The molecule has 0 radical (unpaired) electrons. The third-order valence-corrected chi connectivity index (χ3v) is 5.19. The molecule has 4 nitrogen and oxygen atoms in total. The molecule has 26 heavy (non-hydrogen) atoms. The maximum absolute atomic E-state index is 12.6. The van der Waals surface area contributed by atoms with Gasteiger partial charge in [-0.1, -0.05) is 62.2 Å². The summed E-state index contributed by atoms with van der Waals surface area (Å²) < 4.78 is 5.27. The van der Waals surface area contributed by atoms with Crippen LogP contribution < -0.4 is 5.32 Å². The number of ether oxygens (including phenoxy) is 1. The SMILES string of the molecule is CCC(=O)C1(c2cccc(NC(=O)OCc3ccccc3)c2)CCCC1. The number of nitrogens with one attached hydrogen (secondary N) is 1. The summed E-state index contributed by atoms with van der Waals surface area (Å²) in [6.45, 7) is 2.15. The summed E-state index contributed by atoms with van der Waals surface area (Å²) in [7, 11) is 0. The minimum atomic E-state index is -0.492. The van der Waals surface area contributed by atoms with Crippen molar-refractivity contribution in [2.24, 2.45) is 0 Å². The molecule has 1 fully saturated rings. The molecule has 0 unspecified atom stereocenters. The lowest BCUT2D eigenvalue weighted by atomic mass is 9.74. The Hall–Kier alpha value is -2.62. The standard InChI is InChI=1S/C22H25NO3/c1-2-20(24)22(13-6-7-14-22)18-11-8-12-19(15-18)23-21(25)26-16-17-9-4-3-5-10-17/h3-5,8-12,15H,2,6-7,13-14,16H2,1H3,(H,23,25). The first kappa shape index (κ1) is 18.2. The molecular weight excluding hydrogens is 326 g/mol. The van der Waals surface area contributed by atoms with Gasteiger partial charge >= 0.3 is 6.09 Å². The molecule has 1 N–H and O–H groups in total. The second kappa shape index (κ2) is 8.17. The lowest BCUT2D eigenvalue weighted by Crippen LogP contribution is -2.32. The van der Waals surface area contributed by atoms with E-state index in [0.717, 1.165) is 36.8 Å². The average Bonchev–Trinajstić information content (AvgIpc) is 3.18. The number of carbonyl (C=O) groups excluding carboxylic acids is 2. The minimum Gasteiger partial charge on any atom is -0.444 e. The zero-order valence-corrected chi connectivity index (χ0v) is 15.2. The van der Waals surface area contributed by atoms with E-state index in [1.54, 1.807) is 0 Å². The molecule has 0 saturated heterocycles. The fraction of sp³-hybridized carbons (Fsp3) is 0.364. The van der Waals surface area contributed by atoms with Crippen LogP contribution in [0.15, 0.2) is 54.6 Å². The zero-order valence-electron chi connectivity index (χ0n) is 15.2. The molecule has 136 valence electrons. The van der Waals surface area contributed by atoms with Crippen LogP contribution in [0.4, 0.5) is 10.5 Å². The molecular formula is C22H25NO3. The molecule has 1 saturated carbocycles. The van der Waals surface area contributed by atoms with E-state index in [-0.39, 0.29) is 12.0 Å². The Bertz CT molecular complexity index is 764. The molecule has 1 aliphatic carbocycles. The van der Waals surface area contributed by atoms with Crippen molar-refractivity contribution in [2.45, 2.75) is 51.0 Å². The maximum atomic E-state index is 12.6. The highest BCUT2D eigenvalue weighted by Crippen LogP contribution is 2.43. The zero-order chi connectivity index (χ0) is 18.4. The van der Waals surface area contributed by atoms with Gasteiger partial charge in [-0.25, -0.2) is 4.79 Å². The normalized spacial score (nSPS) is 15.4. The topological polar surface area (TPSA) is 55.4 Å². The minimum absolute atomic E-state index is 0.227. The highest BCUT2D eigenvalue weighted by atomic mass is 16.5. The Morgan fingerprint density at radius 1 is 1.04 bits per heavy atom. The van der Waals surface area contributed by atoms with Crippen LogP contribution >= 0.6 is 0 Å². The third-order valence-electron chi connectivity index (χ3n) is 5.19. The third kappa shape index (κ3) is 3.96. The number of rotatable bonds is 6. The monoisotopic (exact) mass is 351 g/mol. The Morgan fingerprint density at radius 3 is 2.46 bits per heavy atom. The Balaban J connectivity index is 1.69. The fourth-order valence-corrected chi connectivity index (χ4v) is 3.82. The van der Waals surface area contributed by atoms with Crippen LogP contribution in [0.5, 0.6) is 0 Å². The molecule has 1 amide bonds. The van der Waals surface area contributed by atoms with E-state index < -0.39 is 6.09 Å². The van der Waals surface area contributed by atoms with Gasteiger partial charge in [0.15, 0.2) is 0 Å². The molecule has 4 heteroatoms. The first-order valence-electron chi connectivity index (χ1n) is 9.25. The molecule has 0 heterocycles. The van der Waals surface area contributed by atoms with E-state index in [1.165, 1.54) is 0 Å². The van der Waals surface area contributed by atoms with Crippen LogP contribution in [-0.4, -0.2) is 11.9 Å². The molecule has 0 aromatic heterocycles. The van der Waals surface area contributed by atoms with Crippen LogP contribution in [-0.2, 0) is 21.6 Å². The summed E-state index contributed by atoms with van der Waals surface area (Å²) in [4.78, 5) is 24.7. The number of anilines is 1. The number of carbonyl (C=O) groups is 2. The average molecular weight is 351 g/mol. The van der Waals surface area contributed by atoms with Crippen molar-refractivity contribution in [3.05, 3.63) is 65.7 Å². The smallest absolute Gasteiger partial charge is 0.411 e. The predicted octanol–water partition coefficient (Wildman–Crippen LogP) is 5.23. The number of hydrogen-bond donors (Lipinski definition) is 1. The van der Waals surface area contributed by atoms with E-state index in [1.807, 2.05) is 61.5 Å². The number of Topliss-reactive ketones (excluding diaryl/α,β-unsaturated/α-hetero) is 1. The Labute approximate surface area is 154 Å². The van der Waals surface area contributed by atoms with Gasteiger partial charge in [-0.15, -0.1) is 0 Å². The molecule has 2 aromatic rings. The van der Waals surface area contributed by atoms with Gasteiger partial charge < -0.3 is 4.74 Å². The van der Waals surface area contributed by atoms with Gasteiger partial charge in [0.1, 0.15) is 12.4 Å². The molecule has 0 spiro atoms. The summed E-state index contributed by atoms with van der Waals surface area (Å²) in [5.41, 5.74) is 2.22. The summed E-state index contributed by atoms with van der Waals surface area (Å²) >= 11 is 0. The number of ketones is 1. The van der Waals surface area contributed by atoms with Crippen molar-refractivity contribution in [3.63, 3.8) is 0 Å². The van der Waals surface area contributed by atoms with E-state index in [9.17, 15) is 9.59 Å². The van der Waals surface area contributed by atoms with Crippen LogP contribution in [0, 0.1) is 0 Å². The number of hydrogen-bond acceptors (Lipinski definition) is 3. The lowest BCUT2D eigenvalue weighted by molar-refractivity contribution is -0.124. The van der Waals surface area contributed by atoms with Crippen LogP contribution in [0.1, 0.15) is 50.2 Å². The van der Waals surface area contributed by atoms with Crippen LogP contribution in [0.3, 0.4) is 0 Å². The van der Waals surface area contributed by atoms with Crippen molar-refractivity contribution in [3.8, 4) is 0 Å². The van der Waals surface area contributed by atoms with Gasteiger partial charge in [-0.2, -0.15) is 0 Å². The first-order chi connectivity index (χ1) is 12.6. The predicted molar refractivity (Wildman–Crippen MR) is 102 cm³/mol. The molecule has 1 aliphatic rings. The maximum Gasteiger partial charge on any atom is 0.411 e. The number of amides is 1. The van der Waals surface area contributed by atoms with Crippen molar-refractivity contribution in [2.75, 3.05) is 5.32 Å². The van der Waals surface area contributed by atoms with Gasteiger partial charge in [0.05, 0.1) is 5.41 Å². The number of benzene rings is 2. The molecule has 3 rings (SSSR count). The Kier molecular flexibility index (Phi) is 5.71. The summed E-state index contributed by atoms with van der Waals surface area (Å²) in [6, 6.07) is 17.2. The van der Waals surface area contributed by atoms with E-state index in [4.69, 9.17) is 4.74 Å². The van der Waals surface area contributed by atoms with Crippen molar-refractivity contribution >= 4 is 17.6 Å². The first-order valence-corrected chi connectivity index (χ1v) is 9.25. The molecule has 0 atom stereocenters. The highest BCUT2D eigenvalue weighted by molar-refractivity contribution is 5.91.